The minimum Gasteiger partial charge on any atom is -0.481 e. The van der Waals surface area contributed by atoms with E-state index in [4.69, 9.17) is 16.6 Å². The number of H-pyrrole nitrogens is 1. The number of amides is 1. The van der Waals surface area contributed by atoms with Crippen LogP contribution in [-0.2, 0) is 16.0 Å². The van der Waals surface area contributed by atoms with E-state index in [-0.39, 0.29) is 36.0 Å². The molecule has 0 aliphatic carbocycles. The monoisotopic (exact) mass is 580 g/mol. The third-order valence-corrected chi connectivity index (χ3v) is 6.53. The summed E-state index contributed by atoms with van der Waals surface area (Å²) in [6.07, 6.45) is 0.401. The van der Waals surface area contributed by atoms with Gasteiger partial charge < -0.3 is 42.5 Å². The quantitative estimate of drug-likeness (QED) is 0.158. The molecule has 1 aliphatic heterocycles. The van der Waals surface area contributed by atoms with Gasteiger partial charge in [0.05, 0.1) is 6.04 Å². The summed E-state index contributed by atoms with van der Waals surface area (Å²) < 4.78 is 0. The van der Waals surface area contributed by atoms with Gasteiger partial charge in [-0.2, -0.15) is 4.98 Å². The number of likely N-dealkylation sites (N-methyl/N-ethyl adjacent to an activating group) is 1. The third-order valence-electron chi connectivity index (χ3n) is 6.53. The Morgan fingerprint density at radius 2 is 1.81 bits per heavy atom. The highest BCUT2D eigenvalue weighted by atomic mass is 16.4. The van der Waals surface area contributed by atoms with Crippen molar-refractivity contribution in [3.63, 3.8) is 0 Å². The first-order chi connectivity index (χ1) is 20.1. The van der Waals surface area contributed by atoms with Crippen molar-refractivity contribution < 1.29 is 24.6 Å². The number of aromatic amines is 1. The number of nitrogens with zero attached hydrogens (tertiary/aromatic N) is 2. The van der Waals surface area contributed by atoms with E-state index in [9.17, 15) is 24.3 Å². The summed E-state index contributed by atoms with van der Waals surface area (Å²) in [6, 6.07) is 15.3. The van der Waals surface area contributed by atoms with E-state index in [1.165, 1.54) is 17.7 Å². The Labute approximate surface area is 242 Å². The molecule has 10 N–H and O–H groups in total. The van der Waals surface area contributed by atoms with Gasteiger partial charge in [-0.15, -0.1) is 0 Å². The number of fused-ring (bicyclic) bond motifs is 1. The predicted octanol–water partition coefficient (Wildman–Crippen LogP) is 0.930. The van der Waals surface area contributed by atoms with Gasteiger partial charge in [-0.3, -0.25) is 19.4 Å². The number of carboxylic acid groups (broad SMARTS) is 2. The molecule has 4 rings (SSSR count). The fourth-order valence-corrected chi connectivity index (χ4v) is 4.23. The zero-order valence-electron chi connectivity index (χ0n) is 23.2. The number of hydrogen-bond donors (Lipinski definition) is 8. The minimum atomic E-state index is -1.30. The van der Waals surface area contributed by atoms with Crippen LogP contribution in [0.3, 0.4) is 0 Å². The SMILES string of the molecule is CN1c2c(nc(N)[nH]c2=O)NC[C@@H]1CNc1ccc(C(=O)NC(CCC(=O)O)C(=O)O)cc1.NCCc1ccccc1. The summed E-state index contributed by atoms with van der Waals surface area (Å²) in [4.78, 5) is 54.9. The number of carboxylic acids is 2. The molecule has 14 heteroatoms. The molecule has 1 amide bonds. The van der Waals surface area contributed by atoms with Crippen LogP contribution in [0.1, 0.15) is 28.8 Å². The smallest absolute Gasteiger partial charge is 0.326 e. The lowest BCUT2D eigenvalue weighted by molar-refractivity contribution is -0.140. The number of aromatic nitrogens is 2. The third kappa shape index (κ3) is 8.96. The van der Waals surface area contributed by atoms with Crippen LogP contribution in [0.5, 0.6) is 0 Å². The number of benzene rings is 2. The number of nitrogen functional groups attached to an aromatic ring is 1. The molecule has 0 radical (unpaired) electrons. The minimum absolute atomic E-state index is 0.0388. The first-order valence-electron chi connectivity index (χ1n) is 13.3. The number of carbonyl (C=O) groups is 3. The molecule has 2 heterocycles. The second-order valence-corrected chi connectivity index (χ2v) is 9.57. The average Bonchev–Trinajstić information content (AvgIpc) is 2.95. The molecule has 42 heavy (non-hydrogen) atoms. The highest BCUT2D eigenvalue weighted by Crippen LogP contribution is 2.25. The second kappa shape index (κ2) is 15.0. The Bertz CT molecular complexity index is 1410. The molecule has 224 valence electrons. The van der Waals surface area contributed by atoms with E-state index in [1.54, 1.807) is 19.2 Å². The van der Waals surface area contributed by atoms with E-state index >= 15 is 0 Å². The van der Waals surface area contributed by atoms with Gasteiger partial charge >= 0.3 is 11.9 Å². The fourth-order valence-electron chi connectivity index (χ4n) is 4.23. The number of hydrogen-bond acceptors (Lipinski definition) is 10. The fraction of sp³-hybridized carbons (Fsp3) is 0.321. The maximum absolute atomic E-state index is 12.3. The van der Waals surface area contributed by atoms with Gasteiger partial charge in [0.2, 0.25) is 5.95 Å². The van der Waals surface area contributed by atoms with Crippen molar-refractivity contribution in [1.29, 1.82) is 0 Å². The standard InChI is InChI=1S/C20H25N7O6.C8H11N/c1-27-12(9-23-16-15(27)18(31)26-20(21)25-16)8-22-11-4-2-10(3-5-11)17(30)24-13(19(32)33)6-7-14(28)29;9-7-6-8-4-2-1-3-5-8/h2-5,12-13,22H,6-9H2,1H3,(H,24,30)(H,28,29)(H,32,33)(H4,21,23,25,26,31);1-5H,6-7,9H2/t12-,13?;/m0./s1. The van der Waals surface area contributed by atoms with Crippen molar-refractivity contribution in [3.05, 3.63) is 76.1 Å². The topological polar surface area (TPSA) is 229 Å². The normalized spacial score (nSPS) is 14.3. The van der Waals surface area contributed by atoms with E-state index in [0.717, 1.165) is 18.7 Å². The zero-order valence-corrected chi connectivity index (χ0v) is 23.2. The Morgan fingerprint density at radius 1 is 1.12 bits per heavy atom. The van der Waals surface area contributed by atoms with E-state index < -0.39 is 23.9 Å². The Kier molecular flexibility index (Phi) is 11.3. The number of aliphatic carboxylic acids is 2. The van der Waals surface area contributed by atoms with Crippen molar-refractivity contribution in [3.8, 4) is 0 Å². The summed E-state index contributed by atoms with van der Waals surface area (Å²) in [5, 5.41) is 26.6. The molecule has 0 saturated heterocycles. The van der Waals surface area contributed by atoms with E-state index in [0.29, 0.717) is 24.6 Å². The van der Waals surface area contributed by atoms with E-state index in [2.05, 4.69) is 38.1 Å². The molecule has 1 aliphatic rings. The highest BCUT2D eigenvalue weighted by Gasteiger charge is 2.27. The molecule has 0 saturated carbocycles. The van der Waals surface area contributed by atoms with Crippen molar-refractivity contribution >= 4 is 41.0 Å². The lowest BCUT2D eigenvalue weighted by Gasteiger charge is -2.35. The lowest BCUT2D eigenvalue weighted by Crippen LogP contribution is -2.48. The summed E-state index contributed by atoms with van der Waals surface area (Å²) >= 11 is 0. The maximum atomic E-state index is 12.3. The number of nitrogens with two attached hydrogens (primary N) is 2. The van der Waals surface area contributed by atoms with Gasteiger partial charge in [0, 0.05) is 37.8 Å². The molecule has 1 unspecified atom stereocenters. The van der Waals surface area contributed by atoms with Crippen LogP contribution >= 0.6 is 0 Å². The largest absolute Gasteiger partial charge is 0.481 e. The van der Waals surface area contributed by atoms with Crippen LogP contribution in [0.4, 0.5) is 23.1 Å². The molecule has 0 fully saturated rings. The van der Waals surface area contributed by atoms with Crippen molar-refractivity contribution in [2.75, 3.05) is 47.9 Å². The summed E-state index contributed by atoms with van der Waals surface area (Å²) in [6.45, 7) is 1.75. The molecule has 2 aromatic carbocycles. The summed E-state index contributed by atoms with van der Waals surface area (Å²) in [5.74, 6) is -2.59. The molecular formula is C28H36N8O6. The maximum Gasteiger partial charge on any atom is 0.326 e. The van der Waals surface area contributed by atoms with Gasteiger partial charge in [0.15, 0.2) is 5.82 Å². The highest BCUT2D eigenvalue weighted by molar-refractivity contribution is 5.97. The molecule has 14 nitrogen and oxygen atoms in total. The van der Waals surface area contributed by atoms with Crippen LogP contribution < -0.4 is 37.9 Å². The van der Waals surface area contributed by atoms with Crippen LogP contribution in [0.25, 0.3) is 0 Å². The molecule has 0 bridgehead atoms. The zero-order chi connectivity index (χ0) is 30.6. The Balaban J connectivity index is 0.000000458. The molecular weight excluding hydrogens is 544 g/mol. The average molecular weight is 581 g/mol. The summed E-state index contributed by atoms with van der Waals surface area (Å²) in [5.41, 5.74) is 13.3. The van der Waals surface area contributed by atoms with Crippen LogP contribution in [0, 0.1) is 0 Å². The van der Waals surface area contributed by atoms with E-state index in [1.807, 2.05) is 23.1 Å². The van der Waals surface area contributed by atoms with Crippen molar-refractivity contribution in [2.24, 2.45) is 5.73 Å². The molecule has 2 atom stereocenters. The second-order valence-electron chi connectivity index (χ2n) is 9.57. The number of nitrogens with one attached hydrogen (secondary N) is 4. The van der Waals surface area contributed by atoms with Crippen LogP contribution in [-0.4, -0.2) is 76.8 Å². The van der Waals surface area contributed by atoms with Gasteiger partial charge in [0.25, 0.3) is 11.5 Å². The molecule has 0 spiro atoms. The molecule has 1 aromatic heterocycles. The van der Waals surface area contributed by atoms with Crippen molar-refractivity contribution in [1.82, 2.24) is 15.3 Å². The summed E-state index contributed by atoms with van der Waals surface area (Å²) in [7, 11) is 1.79. The molecule has 3 aromatic rings. The van der Waals surface area contributed by atoms with Gasteiger partial charge in [-0.1, -0.05) is 30.3 Å². The van der Waals surface area contributed by atoms with Gasteiger partial charge in [0.1, 0.15) is 11.7 Å². The first kappa shape index (κ1) is 31.4. The number of anilines is 4. The Hall–Kier alpha value is -5.11. The number of carbonyl (C=O) groups excluding carboxylic acids is 1. The van der Waals surface area contributed by atoms with Crippen LogP contribution in [0.15, 0.2) is 59.4 Å². The van der Waals surface area contributed by atoms with Gasteiger partial charge in [-0.25, -0.2) is 4.79 Å². The predicted molar refractivity (Wildman–Crippen MR) is 160 cm³/mol. The van der Waals surface area contributed by atoms with Crippen molar-refractivity contribution in [2.45, 2.75) is 31.3 Å². The Morgan fingerprint density at radius 3 is 2.43 bits per heavy atom. The van der Waals surface area contributed by atoms with Gasteiger partial charge in [-0.05, 0) is 49.2 Å². The lowest BCUT2D eigenvalue weighted by atomic mass is 10.1. The van der Waals surface area contributed by atoms with Crippen LogP contribution in [0.2, 0.25) is 0 Å². The first-order valence-corrected chi connectivity index (χ1v) is 13.3. The number of rotatable bonds is 11.